The van der Waals surface area contributed by atoms with Gasteiger partial charge in [-0.15, -0.1) is 23.5 Å². The zero-order valence-electron chi connectivity index (χ0n) is 17.9. The molecule has 3 aromatic carbocycles. The van der Waals surface area contributed by atoms with Crippen LogP contribution in [0.5, 0.6) is 0 Å². The minimum absolute atomic E-state index is 0.0616. The number of halogens is 1. The van der Waals surface area contributed by atoms with Gasteiger partial charge < -0.3 is 5.32 Å². The first-order chi connectivity index (χ1) is 15.5. The van der Waals surface area contributed by atoms with Crippen LogP contribution < -0.4 is 5.32 Å². The van der Waals surface area contributed by atoms with E-state index < -0.39 is 5.91 Å². The number of aryl methyl sites for hydroxylation is 2. The summed E-state index contributed by atoms with van der Waals surface area (Å²) in [5.74, 6) is 0.418. The first-order valence-corrected chi connectivity index (χ1v) is 12.0. The number of hydrogen-bond acceptors (Lipinski definition) is 4. The molecule has 0 spiro atoms. The predicted octanol–water partition coefficient (Wildman–Crippen LogP) is 6.98. The quantitative estimate of drug-likeness (QED) is 0.290. The molecule has 0 aliphatic rings. The third-order valence-electron chi connectivity index (χ3n) is 4.89. The minimum atomic E-state index is -0.497. The molecule has 0 fully saturated rings. The van der Waals surface area contributed by atoms with E-state index in [2.05, 4.69) is 23.5 Å². The van der Waals surface area contributed by atoms with Crippen molar-refractivity contribution in [2.75, 3.05) is 5.32 Å². The topological polar surface area (TPSA) is 52.9 Å². The zero-order chi connectivity index (χ0) is 22.9. The van der Waals surface area contributed by atoms with Crippen LogP contribution in [0, 0.1) is 31.0 Å². The van der Waals surface area contributed by atoms with Crippen molar-refractivity contribution in [3.8, 4) is 6.07 Å². The average Bonchev–Trinajstić information content (AvgIpc) is 2.79. The Balaban J connectivity index is 1.86. The Labute approximate surface area is 196 Å². The summed E-state index contributed by atoms with van der Waals surface area (Å²) in [5.41, 5.74) is 5.14. The highest BCUT2D eigenvalue weighted by Gasteiger charge is 2.18. The van der Waals surface area contributed by atoms with Crippen molar-refractivity contribution in [2.24, 2.45) is 0 Å². The van der Waals surface area contributed by atoms with Gasteiger partial charge in [0.25, 0.3) is 5.91 Å². The van der Waals surface area contributed by atoms with Crippen LogP contribution in [0.2, 0.25) is 0 Å². The summed E-state index contributed by atoms with van der Waals surface area (Å²) in [6.45, 7) is 4.10. The van der Waals surface area contributed by atoms with Gasteiger partial charge >= 0.3 is 0 Å². The summed E-state index contributed by atoms with van der Waals surface area (Å²) in [7, 11) is 0. The van der Waals surface area contributed by atoms with Crippen molar-refractivity contribution in [1.82, 2.24) is 0 Å². The van der Waals surface area contributed by atoms with Crippen LogP contribution in [0.25, 0.3) is 0 Å². The first kappa shape index (κ1) is 23.6. The summed E-state index contributed by atoms with van der Waals surface area (Å²) in [6.07, 6.45) is 0. The van der Waals surface area contributed by atoms with Crippen molar-refractivity contribution < 1.29 is 9.18 Å². The number of anilines is 1. The molecule has 3 rings (SSSR count). The third kappa shape index (κ3) is 6.49. The van der Waals surface area contributed by atoms with Gasteiger partial charge in [-0.3, -0.25) is 4.79 Å². The van der Waals surface area contributed by atoms with Gasteiger partial charge in [0.2, 0.25) is 0 Å². The molecule has 3 nitrogen and oxygen atoms in total. The van der Waals surface area contributed by atoms with Crippen molar-refractivity contribution in [1.29, 1.82) is 5.26 Å². The fourth-order valence-electron chi connectivity index (χ4n) is 2.93. The molecular formula is C26H23FN2OS2. The molecule has 0 aromatic heterocycles. The number of benzene rings is 3. The monoisotopic (exact) mass is 462 g/mol. The molecule has 0 unspecified atom stereocenters. The van der Waals surface area contributed by atoms with E-state index in [1.165, 1.54) is 47.8 Å². The van der Waals surface area contributed by atoms with E-state index in [1.807, 2.05) is 50.2 Å². The van der Waals surface area contributed by atoms with E-state index in [-0.39, 0.29) is 11.4 Å². The molecule has 3 aromatic rings. The molecule has 0 radical (unpaired) electrons. The molecule has 0 bridgehead atoms. The van der Waals surface area contributed by atoms with Gasteiger partial charge in [-0.05, 0) is 60.4 Å². The fourth-order valence-corrected chi connectivity index (χ4v) is 5.41. The standard InChI is InChI=1S/C26H23FN2OS2/c1-18-7-3-5-9-20(18)16-31-26(32-17-21-10-6-4-8-19(21)2)24(15-28)25(30)29-23-13-11-22(27)12-14-23/h3-14H,16-17H2,1-2H3,(H,29,30). The van der Waals surface area contributed by atoms with Gasteiger partial charge in [-0.1, -0.05) is 48.5 Å². The number of rotatable bonds is 8. The maximum atomic E-state index is 13.2. The summed E-state index contributed by atoms with van der Waals surface area (Å²) >= 11 is 2.97. The molecule has 0 atom stereocenters. The third-order valence-corrected chi connectivity index (χ3v) is 7.44. The molecule has 1 N–H and O–H groups in total. The van der Waals surface area contributed by atoms with E-state index in [4.69, 9.17) is 0 Å². The summed E-state index contributed by atoms with van der Waals surface area (Å²) in [4.78, 5) is 12.9. The number of nitrogens with zero attached hydrogens (tertiary/aromatic N) is 1. The van der Waals surface area contributed by atoms with Crippen molar-refractivity contribution in [3.63, 3.8) is 0 Å². The number of carbonyl (C=O) groups is 1. The Bertz CT molecular complexity index is 1120. The van der Waals surface area contributed by atoms with Gasteiger partial charge in [0.15, 0.2) is 0 Å². The lowest BCUT2D eigenvalue weighted by molar-refractivity contribution is -0.112. The Morgan fingerprint density at radius 2 is 1.38 bits per heavy atom. The SMILES string of the molecule is Cc1ccccc1CSC(SCc1ccccc1C)=C(C#N)C(=O)Nc1ccc(F)cc1. The molecule has 1 amide bonds. The van der Waals surface area contributed by atoms with Gasteiger partial charge in [0.05, 0.1) is 4.24 Å². The molecule has 0 saturated heterocycles. The van der Waals surface area contributed by atoms with Crippen molar-refractivity contribution >= 4 is 35.1 Å². The smallest absolute Gasteiger partial charge is 0.268 e. The largest absolute Gasteiger partial charge is 0.321 e. The van der Waals surface area contributed by atoms with Gasteiger partial charge in [0, 0.05) is 17.2 Å². The molecule has 6 heteroatoms. The summed E-state index contributed by atoms with van der Waals surface area (Å²) in [5, 5.41) is 12.5. The highest BCUT2D eigenvalue weighted by atomic mass is 32.2. The number of hydrogen-bond donors (Lipinski definition) is 1. The lowest BCUT2D eigenvalue weighted by atomic mass is 10.1. The Morgan fingerprint density at radius 1 is 0.875 bits per heavy atom. The second kappa shape index (κ2) is 11.6. The van der Waals surface area contributed by atoms with E-state index >= 15 is 0 Å². The van der Waals surface area contributed by atoms with Crippen LogP contribution in [-0.2, 0) is 16.3 Å². The second-order valence-corrected chi connectivity index (χ2v) is 9.40. The molecule has 0 heterocycles. The maximum absolute atomic E-state index is 13.2. The number of nitriles is 1. The predicted molar refractivity (Wildman–Crippen MR) is 133 cm³/mol. The Hall–Kier alpha value is -3.01. The van der Waals surface area contributed by atoms with Crippen LogP contribution >= 0.6 is 23.5 Å². The number of nitrogens with one attached hydrogen (secondary N) is 1. The van der Waals surface area contributed by atoms with E-state index in [0.717, 1.165) is 22.3 Å². The Kier molecular flexibility index (Phi) is 8.55. The average molecular weight is 463 g/mol. The van der Waals surface area contributed by atoms with E-state index in [9.17, 15) is 14.4 Å². The van der Waals surface area contributed by atoms with Crippen LogP contribution in [-0.4, -0.2) is 5.91 Å². The second-order valence-electron chi connectivity index (χ2n) is 7.17. The van der Waals surface area contributed by atoms with Gasteiger partial charge in [0.1, 0.15) is 17.5 Å². The van der Waals surface area contributed by atoms with Crippen molar-refractivity contribution in [2.45, 2.75) is 25.4 Å². The maximum Gasteiger partial charge on any atom is 0.268 e. The van der Waals surface area contributed by atoms with E-state index in [0.29, 0.717) is 21.4 Å². The first-order valence-electron chi connectivity index (χ1n) is 10.0. The molecule has 162 valence electrons. The van der Waals surface area contributed by atoms with Crippen LogP contribution in [0.15, 0.2) is 82.6 Å². The number of amides is 1. The summed E-state index contributed by atoms with van der Waals surface area (Å²) in [6, 6.07) is 23.7. The number of thioether (sulfide) groups is 2. The zero-order valence-corrected chi connectivity index (χ0v) is 19.5. The highest BCUT2D eigenvalue weighted by Crippen LogP contribution is 2.37. The Morgan fingerprint density at radius 3 is 1.84 bits per heavy atom. The molecule has 0 aliphatic carbocycles. The van der Waals surface area contributed by atoms with Gasteiger partial charge in [-0.25, -0.2) is 4.39 Å². The molecule has 0 saturated carbocycles. The fraction of sp³-hybridized carbons (Fsp3) is 0.154. The van der Waals surface area contributed by atoms with Crippen LogP contribution in [0.4, 0.5) is 10.1 Å². The summed E-state index contributed by atoms with van der Waals surface area (Å²) < 4.78 is 13.8. The lowest BCUT2D eigenvalue weighted by Crippen LogP contribution is -2.14. The lowest BCUT2D eigenvalue weighted by Gasteiger charge is -2.13. The van der Waals surface area contributed by atoms with Crippen LogP contribution in [0.1, 0.15) is 22.3 Å². The van der Waals surface area contributed by atoms with Gasteiger partial charge in [-0.2, -0.15) is 5.26 Å². The molecule has 32 heavy (non-hydrogen) atoms. The van der Waals surface area contributed by atoms with E-state index in [1.54, 1.807) is 0 Å². The normalized spacial score (nSPS) is 10.3. The minimum Gasteiger partial charge on any atom is -0.321 e. The van der Waals surface area contributed by atoms with Crippen molar-refractivity contribution in [3.05, 3.63) is 111 Å². The molecule has 0 aliphatic heterocycles. The number of carbonyl (C=O) groups excluding carboxylic acids is 1. The molecular weight excluding hydrogens is 439 g/mol. The highest BCUT2D eigenvalue weighted by molar-refractivity contribution is 8.21. The van der Waals surface area contributed by atoms with Crippen LogP contribution in [0.3, 0.4) is 0 Å².